The fourth-order valence-corrected chi connectivity index (χ4v) is 3.03. The molecule has 96 valence electrons. The highest BCUT2D eigenvalue weighted by Crippen LogP contribution is 2.15. The van der Waals surface area contributed by atoms with E-state index >= 15 is 0 Å². The molecule has 5 heteroatoms. The molecule has 1 aromatic carbocycles. The molecular weight excluding hydrogens is 241 g/mol. The molecule has 1 rings (SSSR count). The van der Waals surface area contributed by atoms with Gasteiger partial charge in [0.05, 0.1) is 17.2 Å². The zero-order valence-corrected chi connectivity index (χ0v) is 10.8. The first-order chi connectivity index (χ1) is 7.94. The molecule has 3 nitrogen and oxygen atoms in total. The summed E-state index contributed by atoms with van der Waals surface area (Å²) in [7, 11) is -3.14. The minimum atomic E-state index is -3.14. The Morgan fingerprint density at radius 2 is 2.00 bits per heavy atom. The smallest absolute Gasteiger partial charge is 0.154 e. The highest BCUT2D eigenvalue weighted by atomic mass is 32.2. The summed E-state index contributed by atoms with van der Waals surface area (Å²) in [5.41, 5.74) is 5.82. The molecular formula is C12H18FNO2S. The van der Waals surface area contributed by atoms with E-state index in [2.05, 4.69) is 0 Å². The van der Waals surface area contributed by atoms with E-state index in [0.717, 1.165) is 12.8 Å². The van der Waals surface area contributed by atoms with Crippen molar-refractivity contribution in [3.8, 4) is 0 Å². The molecule has 0 aromatic heterocycles. The number of hydrogen-bond donors (Lipinski definition) is 1. The van der Waals surface area contributed by atoms with Gasteiger partial charge in [-0.2, -0.15) is 0 Å². The SMILES string of the molecule is CCCCCS(=O)(=O)Cc1ccc(N)c(F)c1. The third kappa shape index (κ3) is 4.73. The van der Waals surface area contributed by atoms with E-state index in [1.54, 1.807) is 6.07 Å². The quantitative estimate of drug-likeness (QED) is 0.630. The second-order valence-electron chi connectivity index (χ2n) is 4.16. The van der Waals surface area contributed by atoms with E-state index < -0.39 is 15.7 Å². The lowest BCUT2D eigenvalue weighted by Crippen LogP contribution is -2.09. The van der Waals surface area contributed by atoms with Crippen LogP contribution < -0.4 is 5.73 Å². The Morgan fingerprint density at radius 1 is 1.29 bits per heavy atom. The van der Waals surface area contributed by atoms with Crippen LogP contribution in [0.3, 0.4) is 0 Å². The Labute approximate surface area is 102 Å². The summed E-state index contributed by atoms with van der Waals surface area (Å²) in [6.45, 7) is 2.02. The number of hydrogen-bond acceptors (Lipinski definition) is 3. The largest absolute Gasteiger partial charge is 0.396 e. The molecule has 0 radical (unpaired) electrons. The van der Waals surface area contributed by atoms with Gasteiger partial charge in [-0.25, -0.2) is 12.8 Å². The molecule has 0 heterocycles. The lowest BCUT2D eigenvalue weighted by Gasteiger charge is -2.05. The van der Waals surface area contributed by atoms with Crippen LogP contribution in [-0.2, 0) is 15.6 Å². The van der Waals surface area contributed by atoms with E-state index in [9.17, 15) is 12.8 Å². The third-order valence-electron chi connectivity index (χ3n) is 2.51. The molecule has 0 aliphatic carbocycles. The van der Waals surface area contributed by atoms with Gasteiger partial charge in [0, 0.05) is 0 Å². The van der Waals surface area contributed by atoms with Crippen molar-refractivity contribution in [2.24, 2.45) is 0 Å². The van der Waals surface area contributed by atoms with Gasteiger partial charge in [0.1, 0.15) is 5.82 Å². The monoisotopic (exact) mass is 259 g/mol. The van der Waals surface area contributed by atoms with Gasteiger partial charge in [0.2, 0.25) is 0 Å². The summed E-state index contributed by atoms with van der Waals surface area (Å²) in [5.74, 6) is -0.521. The van der Waals surface area contributed by atoms with Gasteiger partial charge < -0.3 is 5.73 Å². The van der Waals surface area contributed by atoms with Crippen molar-refractivity contribution >= 4 is 15.5 Å². The van der Waals surface area contributed by atoms with Gasteiger partial charge >= 0.3 is 0 Å². The number of nitrogens with two attached hydrogens (primary N) is 1. The summed E-state index contributed by atoms with van der Waals surface area (Å²) in [6.07, 6.45) is 2.54. The number of anilines is 1. The molecule has 0 saturated carbocycles. The van der Waals surface area contributed by atoms with Gasteiger partial charge in [-0.05, 0) is 24.1 Å². The maximum Gasteiger partial charge on any atom is 0.154 e. The van der Waals surface area contributed by atoms with Crippen LogP contribution in [0, 0.1) is 5.82 Å². The van der Waals surface area contributed by atoms with Crippen molar-refractivity contribution in [2.45, 2.75) is 31.9 Å². The second kappa shape index (κ2) is 6.00. The summed E-state index contributed by atoms with van der Waals surface area (Å²) in [4.78, 5) is 0. The van der Waals surface area contributed by atoms with Crippen molar-refractivity contribution < 1.29 is 12.8 Å². The lowest BCUT2D eigenvalue weighted by atomic mass is 10.2. The predicted molar refractivity (Wildman–Crippen MR) is 67.8 cm³/mol. The van der Waals surface area contributed by atoms with Crippen LogP contribution in [0.2, 0.25) is 0 Å². The second-order valence-corrected chi connectivity index (χ2v) is 6.34. The topological polar surface area (TPSA) is 60.2 Å². The van der Waals surface area contributed by atoms with Crippen molar-refractivity contribution in [3.63, 3.8) is 0 Å². The number of unbranched alkanes of at least 4 members (excludes halogenated alkanes) is 2. The average molecular weight is 259 g/mol. The Bertz CT molecular complexity index is 471. The molecule has 2 N–H and O–H groups in total. The minimum absolute atomic E-state index is 0.0390. The predicted octanol–water partition coefficient (Wildman–Crippen LogP) is 2.51. The summed E-state index contributed by atoms with van der Waals surface area (Å²) >= 11 is 0. The first kappa shape index (κ1) is 14.0. The van der Waals surface area contributed by atoms with Crippen LogP contribution in [-0.4, -0.2) is 14.2 Å². The summed E-state index contributed by atoms with van der Waals surface area (Å²) in [5, 5.41) is 0. The van der Waals surface area contributed by atoms with E-state index in [4.69, 9.17) is 5.73 Å². The first-order valence-electron chi connectivity index (χ1n) is 5.69. The highest BCUT2D eigenvalue weighted by molar-refractivity contribution is 7.90. The van der Waals surface area contributed by atoms with Crippen LogP contribution in [0.1, 0.15) is 31.7 Å². The molecule has 0 atom stereocenters. The Balaban J connectivity index is 2.66. The Morgan fingerprint density at radius 3 is 2.59 bits per heavy atom. The first-order valence-corrected chi connectivity index (χ1v) is 7.51. The average Bonchev–Trinajstić information content (AvgIpc) is 2.23. The van der Waals surface area contributed by atoms with Crippen molar-refractivity contribution in [2.75, 3.05) is 11.5 Å². The zero-order chi connectivity index (χ0) is 12.9. The Hall–Kier alpha value is -1.10. The van der Waals surface area contributed by atoms with Crippen LogP contribution in [0.5, 0.6) is 0 Å². The summed E-state index contributed by atoms with van der Waals surface area (Å²) < 4.78 is 36.6. The van der Waals surface area contributed by atoms with E-state index in [-0.39, 0.29) is 17.2 Å². The van der Waals surface area contributed by atoms with Crippen LogP contribution >= 0.6 is 0 Å². The number of sulfone groups is 1. The molecule has 1 aromatic rings. The van der Waals surface area contributed by atoms with Crippen molar-refractivity contribution in [1.82, 2.24) is 0 Å². The van der Waals surface area contributed by atoms with Crippen LogP contribution in [0.15, 0.2) is 18.2 Å². The number of benzene rings is 1. The number of nitrogen functional groups attached to an aromatic ring is 1. The molecule has 0 amide bonds. The molecule has 0 unspecified atom stereocenters. The van der Waals surface area contributed by atoms with Crippen molar-refractivity contribution in [1.29, 1.82) is 0 Å². The minimum Gasteiger partial charge on any atom is -0.396 e. The normalized spacial score (nSPS) is 11.6. The number of halogens is 1. The van der Waals surface area contributed by atoms with Gasteiger partial charge in [-0.1, -0.05) is 25.8 Å². The molecule has 0 bridgehead atoms. The zero-order valence-electron chi connectivity index (χ0n) is 9.95. The van der Waals surface area contributed by atoms with Crippen LogP contribution in [0.4, 0.5) is 10.1 Å². The van der Waals surface area contributed by atoms with Gasteiger partial charge in [-0.15, -0.1) is 0 Å². The molecule has 0 aliphatic rings. The summed E-state index contributed by atoms with van der Waals surface area (Å²) in [6, 6.07) is 4.13. The molecule has 0 spiro atoms. The Kier molecular flexibility index (Phi) is 4.93. The molecule has 0 saturated heterocycles. The van der Waals surface area contributed by atoms with Gasteiger partial charge in [0.25, 0.3) is 0 Å². The third-order valence-corrected chi connectivity index (χ3v) is 4.19. The van der Waals surface area contributed by atoms with Gasteiger partial charge in [-0.3, -0.25) is 0 Å². The fraction of sp³-hybridized carbons (Fsp3) is 0.500. The van der Waals surface area contributed by atoms with Crippen LogP contribution in [0.25, 0.3) is 0 Å². The maximum absolute atomic E-state index is 13.1. The standard InChI is InChI=1S/C12H18FNO2S/c1-2-3-4-7-17(15,16)9-10-5-6-12(14)11(13)8-10/h5-6,8H,2-4,7,9,14H2,1H3. The van der Waals surface area contributed by atoms with E-state index in [0.29, 0.717) is 12.0 Å². The van der Waals surface area contributed by atoms with E-state index in [1.807, 2.05) is 6.92 Å². The van der Waals surface area contributed by atoms with E-state index in [1.165, 1.54) is 12.1 Å². The lowest BCUT2D eigenvalue weighted by molar-refractivity contribution is 0.589. The molecule has 0 aliphatic heterocycles. The number of rotatable bonds is 6. The highest BCUT2D eigenvalue weighted by Gasteiger charge is 2.12. The maximum atomic E-state index is 13.1. The van der Waals surface area contributed by atoms with Gasteiger partial charge in [0.15, 0.2) is 9.84 Å². The molecule has 0 fully saturated rings. The molecule has 17 heavy (non-hydrogen) atoms. The fourth-order valence-electron chi connectivity index (χ4n) is 1.56. The van der Waals surface area contributed by atoms with Crippen molar-refractivity contribution in [3.05, 3.63) is 29.6 Å².